The molecule has 4 heteroatoms. The highest BCUT2D eigenvalue weighted by atomic mass is 19.1. The van der Waals surface area contributed by atoms with Gasteiger partial charge in [-0.25, -0.2) is 8.78 Å². The van der Waals surface area contributed by atoms with Crippen LogP contribution in [0.2, 0.25) is 0 Å². The summed E-state index contributed by atoms with van der Waals surface area (Å²) in [5.74, 6) is -1.22. The number of benzene rings is 1. The number of anilines is 1. The van der Waals surface area contributed by atoms with Crippen molar-refractivity contribution in [3.8, 4) is 0 Å². The highest BCUT2D eigenvalue weighted by molar-refractivity contribution is 5.43. The minimum Gasteiger partial charge on any atom is -0.396 e. The number of hydrogen-bond donors (Lipinski definition) is 2. The number of nitrogens with two attached hydrogens (primary N) is 2. The molecule has 0 fully saturated rings. The third-order valence-electron chi connectivity index (χ3n) is 1.78. The maximum absolute atomic E-state index is 13.2. The van der Waals surface area contributed by atoms with Crippen molar-refractivity contribution < 1.29 is 8.78 Å². The molecule has 2 nitrogen and oxygen atoms in total. The van der Waals surface area contributed by atoms with E-state index in [0.717, 1.165) is 12.1 Å². The molecule has 0 saturated heterocycles. The fourth-order valence-electron chi connectivity index (χ4n) is 1.06. The molecule has 0 radical (unpaired) electrons. The zero-order chi connectivity index (χ0) is 10.2. The molecule has 0 saturated carbocycles. The van der Waals surface area contributed by atoms with Crippen LogP contribution >= 0.6 is 0 Å². The van der Waals surface area contributed by atoms with E-state index in [-0.39, 0.29) is 11.3 Å². The maximum Gasteiger partial charge on any atom is 0.146 e. The van der Waals surface area contributed by atoms with Crippen LogP contribution < -0.4 is 11.5 Å². The molecule has 0 aliphatic rings. The molecular formula is C9H12F2N2. The summed E-state index contributed by atoms with van der Waals surface area (Å²) in [7, 11) is 0. The van der Waals surface area contributed by atoms with Gasteiger partial charge in [0, 0.05) is 17.2 Å². The zero-order valence-corrected chi connectivity index (χ0v) is 7.57. The SMILES string of the molecule is CC(C)(N)c1cc(F)c(N)cc1F. The summed E-state index contributed by atoms with van der Waals surface area (Å²) < 4.78 is 26.1. The van der Waals surface area contributed by atoms with E-state index in [2.05, 4.69) is 0 Å². The lowest BCUT2D eigenvalue weighted by molar-refractivity contribution is 0.493. The molecule has 0 unspecified atom stereocenters. The Kier molecular flexibility index (Phi) is 2.26. The van der Waals surface area contributed by atoms with Crippen LogP contribution in [0, 0.1) is 11.6 Å². The van der Waals surface area contributed by atoms with Crippen LogP contribution in [0.1, 0.15) is 19.4 Å². The zero-order valence-electron chi connectivity index (χ0n) is 7.57. The normalized spacial score (nSPS) is 11.8. The Morgan fingerprint density at radius 3 is 2.15 bits per heavy atom. The van der Waals surface area contributed by atoms with E-state index in [4.69, 9.17) is 11.5 Å². The van der Waals surface area contributed by atoms with Crippen molar-refractivity contribution in [2.24, 2.45) is 5.73 Å². The van der Waals surface area contributed by atoms with Crippen LogP contribution in [0.15, 0.2) is 12.1 Å². The van der Waals surface area contributed by atoms with Gasteiger partial charge in [0.05, 0.1) is 5.69 Å². The first-order chi connectivity index (χ1) is 5.82. The Bertz CT molecular complexity index is 329. The van der Waals surface area contributed by atoms with Gasteiger partial charge in [0.2, 0.25) is 0 Å². The summed E-state index contributed by atoms with van der Waals surface area (Å²) in [4.78, 5) is 0. The predicted molar refractivity (Wildman–Crippen MR) is 48.0 cm³/mol. The molecule has 0 heterocycles. The van der Waals surface area contributed by atoms with Crippen LogP contribution in [-0.4, -0.2) is 0 Å². The lowest BCUT2D eigenvalue weighted by atomic mass is 9.95. The second-order valence-electron chi connectivity index (χ2n) is 3.58. The topological polar surface area (TPSA) is 52.0 Å². The van der Waals surface area contributed by atoms with Gasteiger partial charge in [-0.3, -0.25) is 0 Å². The average Bonchev–Trinajstić information content (AvgIpc) is 1.94. The van der Waals surface area contributed by atoms with E-state index in [0.29, 0.717) is 0 Å². The molecule has 1 aromatic carbocycles. The Morgan fingerprint density at radius 2 is 1.69 bits per heavy atom. The molecule has 1 aromatic rings. The van der Waals surface area contributed by atoms with E-state index in [1.54, 1.807) is 13.8 Å². The van der Waals surface area contributed by atoms with Crippen molar-refractivity contribution >= 4 is 5.69 Å². The molecule has 1 rings (SSSR count). The number of hydrogen-bond acceptors (Lipinski definition) is 2. The van der Waals surface area contributed by atoms with Crippen molar-refractivity contribution in [3.63, 3.8) is 0 Å². The van der Waals surface area contributed by atoms with Crippen LogP contribution in [-0.2, 0) is 5.54 Å². The minimum atomic E-state index is -0.904. The fraction of sp³-hybridized carbons (Fsp3) is 0.333. The van der Waals surface area contributed by atoms with Crippen LogP contribution in [0.25, 0.3) is 0 Å². The van der Waals surface area contributed by atoms with E-state index < -0.39 is 17.2 Å². The van der Waals surface area contributed by atoms with Gasteiger partial charge in [-0.05, 0) is 19.9 Å². The van der Waals surface area contributed by atoms with E-state index >= 15 is 0 Å². The largest absolute Gasteiger partial charge is 0.396 e. The number of halogens is 2. The van der Waals surface area contributed by atoms with Crippen LogP contribution in [0.4, 0.5) is 14.5 Å². The number of nitrogen functional groups attached to an aromatic ring is 1. The molecule has 0 atom stereocenters. The Labute approximate surface area is 75.5 Å². The Hall–Kier alpha value is -1.16. The maximum atomic E-state index is 13.2. The van der Waals surface area contributed by atoms with Crippen molar-refractivity contribution in [1.29, 1.82) is 0 Å². The first-order valence-electron chi connectivity index (χ1n) is 3.86. The molecule has 4 N–H and O–H groups in total. The van der Waals surface area contributed by atoms with Gasteiger partial charge in [-0.2, -0.15) is 0 Å². The molecule has 72 valence electrons. The smallest absolute Gasteiger partial charge is 0.146 e. The van der Waals surface area contributed by atoms with Gasteiger partial charge in [-0.1, -0.05) is 0 Å². The van der Waals surface area contributed by atoms with Gasteiger partial charge in [-0.15, -0.1) is 0 Å². The van der Waals surface area contributed by atoms with Crippen LogP contribution in [0.3, 0.4) is 0 Å². The molecule has 0 aliphatic carbocycles. The third kappa shape index (κ3) is 1.95. The quantitative estimate of drug-likeness (QED) is 0.656. The lowest BCUT2D eigenvalue weighted by Crippen LogP contribution is -2.30. The molecule has 0 amide bonds. The molecule has 0 spiro atoms. The summed E-state index contributed by atoms with van der Waals surface area (Å²) >= 11 is 0. The molecule has 0 bridgehead atoms. The summed E-state index contributed by atoms with van der Waals surface area (Å²) in [6.07, 6.45) is 0. The van der Waals surface area contributed by atoms with Crippen molar-refractivity contribution in [2.75, 3.05) is 5.73 Å². The monoisotopic (exact) mass is 186 g/mol. The van der Waals surface area contributed by atoms with Gasteiger partial charge in [0.25, 0.3) is 0 Å². The minimum absolute atomic E-state index is 0.124. The highest BCUT2D eigenvalue weighted by Gasteiger charge is 2.20. The van der Waals surface area contributed by atoms with Crippen molar-refractivity contribution in [3.05, 3.63) is 29.3 Å². The lowest BCUT2D eigenvalue weighted by Gasteiger charge is -2.20. The van der Waals surface area contributed by atoms with E-state index in [9.17, 15) is 8.78 Å². The Morgan fingerprint density at radius 1 is 1.15 bits per heavy atom. The average molecular weight is 186 g/mol. The predicted octanol–water partition coefficient (Wildman–Crippen LogP) is 1.74. The van der Waals surface area contributed by atoms with Gasteiger partial charge < -0.3 is 11.5 Å². The molecule has 13 heavy (non-hydrogen) atoms. The third-order valence-corrected chi connectivity index (χ3v) is 1.78. The highest BCUT2D eigenvalue weighted by Crippen LogP contribution is 2.24. The van der Waals surface area contributed by atoms with E-state index in [1.807, 2.05) is 0 Å². The number of rotatable bonds is 1. The molecular weight excluding hydrogens is 174 g/mol. The van der Waals surface area contributed by atoms with Crippen molar-refractivity contribution in [1.82, 2.24) is 0 Å². The van der Waals surface area contributed by atoms with Gasteiger partial charge in [0.1, 0.15) is 11.6 Å². The van der Waals surface area contributed by atoms with Crippen molar-refractivity contribution in [2.45, 2.75) is 19.4 Å². The van der Waals surface area contributed by atoms with Gasteiger partial charge >= 0.3 is 0 Å². The molecule has 0 aliphatic heterocycles. The summed E-state index contributed by atoms with van der Waals surface area (Å²) in [6.45, 7) is 3.20. The van der Waals surface area contributed by atoms with Crippen LogP contribution in [0.5, 0.6) is 0 Å². The first-order valence-corrected chi connectivity index (χ1v) is 3.86. The standard InChI is InChI=1S/C9H12F2N2/c1-9(2,13)5-3-7(11)8(12)4-6(5)10/h3-4H,12-13H2,1-2H3. The Balaban J connectivity index is 3.32. The summed E-state index contributed by atoms with van der Waals surface area (Å²) in [5, 5.41) is 0. The molecule has 0 aromatic heterocycles. The fourth-order valence-corrected chi connectivity index (χ4v) is 1.06. The second-order valence-corrected chi connectivity index (χ2v) is 3.58. The second kappa shape index (κ2) is 2.96. The van der Waals surface area contributed by atoms with E-state index in [1.165, 1.54) is 0 Å². The first kappa shape index (κ1) is 9.92. The summed E-state index contributed by atoms with van der Waals surface area (Å²) in [6, 6.07) is 1.98. The summed E-state index contributed by atoms with van der Waals surface area (Å²) in [5.41, 5.74) is 9.82. The van der Waals surface area contributed by atoms with Gasteiger partial charge in [0.15, 0.2) is 0 Å².